The van der Waals surface area contributed by atoms with E-state index in [9.17, 15) is 0 Å². The molecule has 8 nitrogen and oxygen atoms in total. The molecule has 0 bridgehead atoms. The largest absolute Gasteiger partial charge is 0.481 e. The number of carbonyl (C=O) groups is 4. The smallest absolute Gasteiger partial charge is 0.300 e. The minimum atomic E-state index is -0.833. The second kappa shape index (κ2) is 24.6. The Morgan fingerprint density at radius 2 is 0.529 bits per heavy atom. The van der Waals surface area contributed by atoms with Crippen LogP contribution in [0, 0.1) is 49.4 Å². The van der Waals surface area contributed by atoms with Crippen molar-refractivity contribution in [2.45, 2.75) is 27.7 Å². The monoisotopic (exact) mass is 393 g/mol. The average molecular weight is 392 g/mol. The van der Waals surface area contributed by atoms with Gasteiger partial charge in [-0.15, -0.1) is 0 Å². The third-order valence-electron chi connectivity index (χ3n) is 0. The average Bonchev–Trinajstić information content (AvgIpc) is 1.76. The molecule has 0 aliphatic heterocycles. The number of carboxylic acids is 4. The second-order valence-electron chi connectivity index (χ2n) is 2.08. The van der Waals surface area contributed by atoms with E-state index in [0.29, 0.717) is 0 Å². The molecule has 0 aliphatic rings. The van der Waals surface area contributed by atoms with Crippen LogP contribution in [0.25, 0.3) is 0 Å². The van der Waals surface area contributed by atoms with E-state index >= 15 is 0 Å². The predicted octanol–water partition coefficient (Wildman–Crippen LogP) is 0.364. The molecule has 0 amide bonds. The first kappa shape index (κ1) is 30.0. The van der Waals surface area contributed by atoms with Gasteiger partial charge in [-0.2, -0.15) is 0 Å². The van der Waals surface area contributed by atoms with Crippen molar-refractivity contribution in [2.75, 3.05) is 0 Å². The van der Waals surface area contributed by atoms with Crippen LogP contribution in [0.3, 0.4) is 0 Å². The Bertz CT molecular complexity index is 162. The molecular weight excluding hydrogens is 376 g/mol. The maximum absolute atomic E-state index is 9.00. The van der Waals surface area contributed by atoms with Gasteiger partial charge in [-0.25, -0.2) is 0 Å². The Hall–Kier alpha value is -0.536. The van der Waals surface area contributed by atoms with Crippen molar-refractivity contribution < 1.29 is 89.0 Å². The van der Waals surface area contributed by atoms with Crippen LogP contribution >= 0.6 is 0 Å². The third kappa shape index (κ3) is 9770. The first-order valence-corrected chi connectivity index (χ1v) is 3.71. The minimum absolute atomic E-state index is 0. The molecular formula is C8H16EuO8. The van der Waals surface area contributed by atoms with Crippen LogP contribution in [0.5, 0.6) is 0 Å². The molecule has 0 spiro atoms. The van der Waals surface area contributed by atoms with Gasteiger partial charge < -0.3 is 20.4 Å². The van der Waals surface area contributed by atoms with E-state index in [2.05, 4.69) is 0 Å². The van der Waals surface area contributed by atoms with Crippen molar-refractivity contribution in [3.05, 3.63) is 0 Å². The summed E-state index contributed by atoms with van der Waals surface area (Å²) in [5.74, 6) is -3.33. The van der Waals surface area contributed by atoms with Crippen molar-refractivity contribution in [1.29, 1.82) is 0 Å². The molecule has 0 aromatic carbocycles. The van der Waals surface area contributed by atoms with Crippen LogP contribution in [0.1, 0.15) is 27.7 Å². The summed E-state index contributed by atoms with van der Waals surface area (Å²) in [4.78, 5) is 36.0. The third-order valence-corrected chi connectivity index (χ3v) is 0. The van der Waals surface area contributed by atoms with Crippen molar-refractivity contribution in [2.24, 2.45) is 0 Å². The van der Waals surface area contributed by atoms with E-state index < -0.39 is 23.9 Å². The summed E-state index contributed by atoms with van der Waals surface area (Å²) < 4.78 is 0. The van der Waals surface area contributed by atoms with Crippen molar-refractivity contribution in [3.8, 4) is 0 Å². The summed E-state index contributed by atoms with van der Waals surface area (Å²) in [6.07, 6.45) is 0. The van der Waals surface area contributed by atoms with Gasteiger partial charge in [-0.1, -0.05) is 0 Å². The van der Waals surface area contributed by atoms with Gasteiger partial charge in [0.25, 0.3) is 23.9 Å². The van der Waals surface area contributed by atoms with Gasteiger partial charge in [0.1, 0.15) is 0 Å². The Kier molecular flexibility index (Phi) is 43.4. The summed E-state index contributed by atoms with van der Waals surface area (Å²) in [6.45, 7) is 4.33. The van der Waals surface area contributed by atoms with Gasteiger partial charge in [0.15, 0.2) is 0 Å². The number of hydrogen-bond donors (Lipinski definition) is 4. The Balaban J connectivity index is -0.0000000369. The number of hydrogen-bond acceptors (Lipinski definition) is 4. The summed E-state index contributed by atoms with van der Waals surface area (Å²) in [7, 11) is 0. The predicted molar refractivity (Wildman–Crippen MR) is 53.2 cm³/mol. The summed E-state index contributed by atoms with van der Waals surface area (Å²) in [6, 6.07) is 0. The molecule has 0 aromatic rings. The van der Waals surface area contributed by atoms with E-state index in [-0.39, 0.29) is 49.4 Å². The topological polar surface area (TPSA) is 149 Å². The Morgan fingerprint density at radius 3 is 0.529 bits per heavy atom. The molecule has 0 aromatic heterocycles. The number of aliphatic carboxylic acids is 4. The van der Waals surface area contributed by atoms with Crippen LogP contribution in [-0.4, -0.2) is 44.3 Å². The number of carboxylic acid groups (broad SMARTS) is 4. The molecule has 0 atom stereocenters. The molecule has 17 heavy (non-hydrogen) atoms. The molecule has 1 radical (unpaired) electrons. The SMILES string of the molecule is CC(=O)O.CC(=O)O.CC(=O)O.CC(=O)O.[Eu]. The molecule has 103 valence electrons. The fourth-order valence-electron chi connectivity index (χ4n) is 0. The van der Waals surface area contributed by atoms with E-state index in [1.807, 2.05) is 0 Å². The zero-order chi connectivity index (χ0) is 14.3. The van der Waals surface area contributed by atoms with Crippen LogP contribution in [0.15, 0.2) is 0 Å². The Morgan fingerprint density at radius 1 is 0.529 bits per heavy atom. The van der Waals surface area contributed by atoms with Crippen molar-refractivity contribution in [3.63, 3.8) is 0 Å². The first-order valence-electron chi connectivity index (χ1n) is 3.71. The fourth-order valence-corrected chi connectivity index (χ4v) is 0. The van der Waals surface area contributed by atoms with Crippen LogP contribution in [0.2, 0.25) is 0 Å². The van der Waals surface area contributed by atoms with E-state index in [1.54, 1.807) is 0 Å². The van der Waals surface area contributed by atoms with Crippen LogP contribution in [0.4, 0.5) is 0 Å². The molecule has 0 fully saturated rings. The van der Waals surface area contributed by atoms with Crippen LogP contribution in [-0.2, 0) is 19.2 Å². The molecule has 0 aliphatic carbocycles. The van der Waals surface area contributed by atoms with Crippen molar-refractivity contribution in [1.82, 2.24) is 0 Å². The molecule has 9 heteroatoms. The molecule has 0 unspecified atom stereocenters. The summed E-state index contributed by atoms with van der Waals surface area (Å²) in [5, 5.41) is 29.7. The van der Waals surface area contributed by atoms with Gasteiger partial charge in [-0.05, 0) is 0 Å². The van der Waals surface area contributed by atoms with Gasteiger partial charge in [0.05, 0.1) is 0 Å². The summed E-state index contributed by atoms with van der Waals surface area (Å²) >= 11 is 0. The van der Waals surface area contributed by atoms with Gasteiger partial charge >= 0.3 is 0 Å². The standard InChI is InChI=1S/4C2H4O2.Eu/c4*1-2(3)4;/h4*1H3,(H,3,4);. The molecule has 0 rings (SSSR count). The molecule has 0 heterocycles. The minimum Gasteiger partial charge on any atom is -0.481 e. The van der Waals surface area contributed by atoms with E-state index in [1.165, 1.54) is 0 Å². The maximum Gasteiger partial charge on any atom is 0.300 e. The summed E-state index contributed by atoms with van der Waals surface area (Å²) in [5.41, 5.74) is 0. The van der Waals surface area contributed by atoms with Gasteiger partial charge in [-0.3, -0.25) is 19.2 Å². The quantitative estimate of drug-likeness (QED) is 0.462. The second-order valence-corrected chi connectivity index (χ2v) is 2.08. The van der Waals surface area contributed by atoms with Crippen LogP contribution < -0.4 is 0 Å². The van der Waals surface area contributed by atoms with E-state index in [0.717, 1.165) is 27.7 Å². The zero-order valence-corrected chi connectivity index (χ0v) is 12.2. The normalized spacial score (nSPS) is 5.88. The van der Waals surface area contributed by atoms with Gasteiger partial charge in [0, 0.05) is 77.1 Å². The maximum atomic E-state index is 9.00. The van der Waals surface area contributed by atoms with E-state index in [4.69, 9.17) is 39.6 Å². The van der Waals surface area contributed by atoms with Crippen molar-refractivity contribution >= 4 is 23.9 Å². The molecule has 4 N–H and O–H groups in total. The molecule has 0 saturated carbocycles. The first-order chi connectivity index (χ1) is 6.93. The zero-order valence-electron chi connectivity index (χ0n) is 9.80. The molecule has 0 saturated heterocycles. The number of rotatable bonds is 0. The Labute approximate surface area is 139 Å². The van der Waals surface area contributed by atoms with Gasteiger partial charge in [0.2, 0.25) is 0 Å². The fraction of sp³-hybridized carbons (Fsp3) is 0.500.